The van der Waals surface area contributed by atoms with E-state index >= 15 is 0 Å². The summed E-state index contributed by atoms with van der Waals surface area (Å²) in [4.78, 5) is 12.3. The second-order valence-electron chi connectivity index (χ2n) is 3.12. The minimum Gasteiger partial charge on any atom is -0.388 e. The number of hydrogen-bond donors (Lipinski definition) is 2. The number of pyridine rings is 1. The van der Waals surface area contributed by atoms with E-state index in [1.54, 1.807) is 30.6 Å². The van der Waals surface area contributed by atoms with E-state index in [4.69, 9.17) is 29.6 Å². The average Bonchev–Trinajstić information content (AvgIpc) is 2.32. The topological polar surface area (TPSA) is 76.7 Å². The van der Waals surface area contributed by atoms with Gasteiger partial charge in [-0.05, 0) is 18.2 Å². The smallest absolute Gasteiger partial charge is 0.227 e. The van der Waals surface area contributed by atoms with Crippen molar-refractivity contribution in [3.05, 3.63) is 41.4 Å². The second kappa shape index (κ2) is 5.03. The Morgan fingerprint density at radius 2 is 2.12 bits per heavy atom. The summed E-state index contributed by atoms with van der Waals surface area (Å²) >= 11 is 10.5. The van der Waals surface area contributed by atoms with Crippen LogP contribution in [0.2, 0.25) is 5.15 Å². The molecule has 0 saturated heterocycles. The minimum atomic E-state index is 0.227. The van der Waals surface area contributed by atoms with E-state index in [2.05, 4.69) is 20.3 Å². The number of anilines is 2. The van der Waals surface area contributed by atoms with Crippen LogP contribution in [0, 0.1) is 0 Å². The van der Waals surface area contributed by atoms with Crippen LogP contribution in [0.25, 0.3) is 0 Å². The van der Waals surface area contributed by atoms with Gasteiger partial charge >= 0.3 is 0 Å². The van der Waals surface area contributed by atoms with Gasteiger partial charge in [-0.3, -0.25) is 0 Å². The first-order chi connectivity index (χ1) is 8.15. The summed E-state index contributed by atoms with van der Waals surface area (Å²) in [5.74, 6) is 0.402. The summed E-state index contributed by atoms with van der Waals surface area (Å²) < 4.78 is 0. The molecule has 7 heteroatoms. The van der Waals surface area contributed by atoms with E-state index in [9.17, 15) is 0 Å². The van der Waals surface area contributed by atoms with Gasteiger partial charge in [0.25, 0.3) is 0 Å². The van der Waals surface area contributed by atoms with E-state index in [0.29, 0.717) is 16.8 Å². The Balaban J connectivity index is 2.21. The summed E-state index contributed by atoms with van der Waals surface area (Å²) in [6.07, 6.45) is 3.16. The SMILES string of the molecule is NC(=S)c1ccnc(Nc2ccc(Cl)nc2)n1. The average molecular weight is 266 g/mol. The molecule has 0 spiro atoms. The lowest BCUT2D eigenvalue weighted by atomic mass is 10.4. The third-order valence-electron chi connectivity index (χ3n) is 1.89. The maximum atomic E-state index is 5.68. The zero-order chi connectivity index (χ0) is 12.3. The van der Waals surface area contributed by atoms with Gasteiger partial charge in [0, 0.05) is 6.20 Å². The van der Waals surface area contributed by atoms with Crippen LogP contribution >= 0.6 is 23.8 Å². The lowest BCUT2D eigenvalue weighted by Crippen LogP contribution is -2.12. The van der Waals surface area contributed by atoms with Crippen molar-refractivity contribution in [2.75, 3.05) is 5.32 Å². The van der Waals surface area contributed by atoms with Gasteiger partial charge in [0.2, 0.25) is 5.95 Å². The van der Waals surface area contributed by atoms with Crippen LogP contribution in [0.5, 0.6) is 0 Å². The van der Waals surface area contributed by atoms with Crippen molar-refractivity contribution in [1.82, 2.24) is 15.0 Å². The number of rotatable bonds is 3. The fourth-order valence-electron chi connectivity index (χ4n) is 1.14. The third-order valence-corrected chi connectivity index (χ3v) is 2.32. The molecule has 0 aliphatic heterocycles. The van der Waals surface area contributed by atoms with Crippen LogP contribution < -0.4 is 11.1 Å². The fraction of sp³-hybridized carbons (Fsp3) is 0. The van der Waals surface area contributed by atoms with Crippen LogP contribution in [0.4, 0.5) is 11.6 Å². The molecule has 0 saturated carbocycles. The predicted molar refractivity (Wildman–Crippen MR) is 70.4 cm³/mol. The molecule has 0 radical (unpaired) electrons. The van der Waals surface area contributed by atoms with Crippen molar-refractivity contribution < 1.29 is 0 Å². The van der Waals surface area contributed by atoms with Gasteiger partial charge in [0.05, 0.1) is 11.9 Å². The van der Waals surface area contributed by atoms with Crippen molar-refractivity contribution >= 4 is 40.4 Å². The highest BCUT2D eigenvalue weighted by molar-refractivity contribution is 7.80. The quantitative estimate of drug-likeness (QED) is 0.652. The van der Waals surface area contributed by atoms with E-state index in [-0.39, 0.29) is 4.99 Å². The highest BCUT2D eigenvalue weighted by Crippen LogP contribution is 2.13. The second-order valence-corrected chi connectivity index (χ2v) is 3.95. The van der Waals surface area contributed by atoms with E-state index in [1.165, 1.54) is 0 Å². The van der Waals surface area contributed by atoms with Gasteiger partial charge in [-0.1, -0.05) is 23.8 Å². The Morgan fingerprint density at radius 1 is 1.29 bits per heavy atom. The molecule has 3 N–H and O–H groups in total. The Labute approximate surface area is 108 Å². The van der Waals surface area contributed by atoms with Crippen molar-refractivity contribution in [3.63, 3.8) is 0 Å². The molecule has 0 fully saturated rings. The van der Waals surface area contributed by atoms with Crippen molar-refractivity contribution in [2.24, 2.45) is 5.73 Å². The molecule has 0 aliphatic rings. The summed E-state index contributed by atoms with van der Waals surface area (Å²) in [7, 11) is 0. The van der Waals surface area contributed by atoms with Gasteiger partial charge in [-0.25, -0.2) is 15.0 Å². The first kappa shape index (κ1) is 11.7. The molecule has 0 bridgehead atoms. The maximum absolute atomic E-state index is 5.68. The Kier molecular flexibility index (Phi) is 3.46. The molecule has 86 valence electrons. The highest BCUT2D eigenvalue weighted by atomic mass is 35.5. The normalized spacial score (nSPS) is 9.94. The largest absolute Gasteiger partial charge is 0.388 e. The predicted octanol–water partition coefficient (Wildman–Crippen LogP) is 1.90. The van der Waals surface area contributed by atoms with Crippen LogP contribution in [0.1, 0.15) is 5.69 Å². The summed E-state index contributed by atoms with van der Waals surface area (Å²) in [5, 5.41) is 3.39. The molecule has 0 aliphatic carbocycles. The summed E-state index contributed by atoms with van der Waals surface area (Å²) in [6, 6.07) is 5.08. The summed E-state index contributed by atoms with van der Waals surface area (Å²) in [6.45, 7) is 0. The molecule has 0 aromatic carbocycles. The maximum Gasteiger partial charge on any atom is 0.227 e. The number of hydrogen-bond acceptors (Lipinski definition) is 5. The van der Waals surface area contributed by atoms with Crippen LogP contribution in [-0.4, -0.2) is 19.9 Å². The van der Waals surface area contributed by atoms with Crippen molar-refractivity contribution in [3.8, 4) is 0 Å². The minimum absolute atomic E-state index is 0.227. The number of halogens is 1. The van der Waals surface area contributed by atoms with Crippen molar-refractivity contribution in [2.45, 2.75) is 0 Å². The Bertz CT molecular complexity index is 543. The van der Waals surface area contributed by atoms with Crippen LogP contribution in [0.3, 0.4) is 0 Å². The van der Waals surface area contributed by atoms with Gasteiger partial charge in [0.1, 0.15) is 15.8 Å². The highest BCUT2D eigenvalue weighted by Gasteiger charge is 2.02. The van der Waals surface area contributed by atoms with Gasteiger partial charge in [-0.15, -0.1) is 0 Å². The Morgan fingerprint density at radius 3 is 2.76 bits per heavy atom. The standard InChI is InChI=1S/C10H8ClN5S/c11-8-2-1-6(5-14-8)15-10-13-4-3-7(16-10)9(12)17/h1-5H,(H2,12,17)(H,13,15,16). The molecular formula is C10H8ClN5S. The van der Waals surface area contributed by atoms with E-state index in [0.717, 1.165) is 5.69 Å². The van der Waals surface area contributed by atoms with Crippen LogP contribution in [-0.2, 0) is 0 Å². The van der Waals surface area contributed by atoms with E-state index < -0.39 is 0 Å². The van der Waals surface area contributed by atoms with E-state index in [1.807, 2.05) is 0 Å². The number of thiocarbonyl (C=S) groups is 1. The number of nitrogens with one attached hydrogen (secondary N) is 1. The molecule has 5 nitrogen and oxygen atoms in total. The Hall–Kier alpha value is -1.79. The number of nitrogens with zero attached hydrogens (tertiary/aromatic N) is 3. The van der Waals surface area contributed by atoms with Gasteiger partial charge in [-0.2, -0.15) is 0 Å². The lowest BCUT2D eigenvalue weighted by Gasteiger charge is -2.05. The van der Waals surface area contributed by atoms with Gasteiger partial charge < -0.3 is 11.1 Å². The van der Waals surface area contributed by atoms with Gasteiger partial charge in [0.15, 0.2) is 0 Å². The monoisotopic (exact) mass is 265 g/mol. The molecular weight excluding hydrogens is 258 g/mol. The van der Waals surface area contributed by atoms with Crippen LogP contribution in [0.15, 0.2) is 30.6 Å². The lowest BCUT2D eigenvalue weighted by molar-refractivity contribution is 1.15. The third kappa shape index (κ3) is 3.08. The first-order valence-corrected chi connectivity index (χ1v) is 5.45. The molecule has 0 atom stereocenters. The number of aromatic nitrogens is 3. The summed E-state index contributed by atoms with van der Waals surface area (Å²) in [5.41, 5.74) is 6.72. The fourth-order valence-corrected chi connectivity index (χ4v) is 1.36. The molecule has 2 heterocycles. The number of nitrogens with two attached hydrogens (primary N) is 1. The molecule has 0 unspecified atom stereocenters. The first-order valence-electron chi connectivity index (χ1n) is 4.66. The molecule has 2 aromatic heterocycles. The molecule has 17 heavy (non-hydrogen) atoms. The molecule has 0 amide bonds. The zero-order valence-corrected chi connectivity index (χ0v) is 10.2. The molecule has 2 aromatic rings. The molecule has 2 rings (SSSR count). The zero-order valence-electron chi connectivity index (χ0n) is 8.59. The van der Waals surface area contributed by atoms with Crippen molar-refractivity contribution in [1.29, 1.82) is 0 Å².